The summed E-state index contributed by atoms with van der Waals surface area (Å²) in [6, 6.07) is 2.65. The molecule has 1 aromatic rings. The van der Waals surface area contributed by atoms with E-state index in [4.69, 9.17) is 10.5 Å². The summed E-state index contributed by atoms with van der Waals surface area (Å²) < 4.78 is 5.72. The van der Waals surface area contributed by atoms with Crippen LogP contribution in [0.2, 0.25) is 0 Å². The summed E-state index contributed by atoms with van der Waals surface area (Å²) >= 11 is 3.28. The molecule has 0 unspecified atom stereocenters. The van der Waals surface area contributed by atoms with Crippen molar-refractivity contribution in [1.29, 1.82) is 0 Å². The van der Waals surface area contributed by atoms with Crippen molar-refractivity contribution in [2.45, 2.75) is 19.1 Å². The van der Waals surface area contributed by atoms with Crippen LogP contribution in [-0.2, 0) is 0 Å². The van der Waals surface area contributed by atoms with Gasteiger partial charge in [-0.1, -0.05) is 15.9 Å². The Labute approximate surface area is 109 Å². The van der Waals surface area contributed by atoms with Gasteiger partial charge in [-0.3, -0.25) is 0 Å². The molecule has 1 rings (SSSR count). The maximum atomic E-state index is 9.80. The second-order valence-electron chi connectivity index (χ2n) is 3.31. The second-order valence-corrected chi connectivity index (χ2v) is 4.23. The maximum absolute atomic E-state index is 9.80. The fourth-order valence-corrected chi connectivity index (χ4v) is 1.72. The third-order valence-electron chi connectivity index (χ3n) is 2.17. The van der Waals surface area contributed by atoms with E-state index in [0.717, 1.165) is 4.47 Å². The molecule has 0 aliphatic rings. The molecule has 0 bridgehead atoms. The minimum absolute atomic E-state index is 0. The lowest BCUT2D eigenvalue weighted by molar-refractivity contribution is 0.162. The number of phenolic OH excluding ortho intramolecular Hbond substituents is 1. The van der Waals surface area contributed by atoms with Crippen molar-refractivity contribution in [3.8, 4) is 11.5 Å². The van der Waals surface area contributed by atoms with Crippen LogP contribution in [0.3, 0.4) is 0 Å². The molecule has 4 nitrogen and oxygen atoms in total. The number of benzene rings is 1. The lowest BCUT2D eigenvalue weighted by Gasteiger charge is -2.18. The van der Waals surface area contributed by atoms with Gasteiger partial charge < -0.3 is 20.7 Å². The molecule has 0 aliphatic carbocycles. The fourth-order valence-electron chi connectivity index (χ4n) is 1.26. The summed E-state index contributed by atoms with van der Waals surface area (Å²) in [6.07, 6.45) is -0.741. The Hall–Kier alpha value is -0.490. The van der Waals surface area contributed by atoms with E-state index >= 15 is 0 Å². The highest BCUT2D eigenvalue weighted by Crippen LogP contribution is 2.36. The maximum Gasteiger partial charge on any atom is 0.162 e. The molecule has 6 heteroatoms. The van der Waals surface area contributed by atoms with Gasteiger partial charge in [0.05, 0.1) is 19.3 Å². The Balaban J connectivity index is 0.00000225. The molecule has 4 N–H and O–H groups in total. The number of rotatable bonds is 3. The van der Waals surface area contributed by atoms with Crippen LogP contribution in [0.25, 0.3) is 0 Å². The van der Waals surface area contributed by atoms with Gasteiger partial charge in [0.1, 0.15) is 0 Å². The van der Waals surface area contributed by atoms with Crippen molar-refractivity contribution in [3.63, 3.8) is 0 Å². The minimum Gasteiger partial charge on any atom is -0.504 e. The first kappa shape index (κ1) is 15.5. The van der Waals surface area contributed by atoms with E-state index in [1.54, 1.807) is 19.1 Å². The van der Waals surface area contributed by atoms with Crippen LogP contribution in [0, 0.1) is 0 Å². The molecule has 0 aromatic heterocycles. The van der Waals surface area contributed by atoms with E-state index < -0.39 is 12.1 Å². The molecule has 1 aromatic carbocycles. The van der Waals surface area contributed by atoms with Crippen molar-refractivity contribution in [2.24, 2.45) is 5.73 Å². The highest BCUT2D eigenvalue weighted by molar-refractivity contribution is 9.10. The number of nitrogens with two attached hydrogens (primary N) is 1. The molecule has 0 saturated carbocycles. The average Bonchev–Trinajstić information content (AvgIpc) is 2.19. The molecule has 2 atom stereocenters. The van der Waals surface area contributed by atoms with Crippen molar-refractivity contribution >= 4 is 28.3 Å². The van der Waals surface area contributed by atoms with E-state index in [1.165, 1.54) is 7.11 Å². The number of aromatic hydroxyl groups is 1. The SMILES string of the molecule is COc1cc(Br)cc([C@@H](N)[C@H](C)O)c1O.Cl. The van der Waals surface area contributed by atoms with E-state index in [9.17, 15) is 10.2 Å². The Morgan fingerprint density at radius 2 is 2.00 bits per heavy atom. The minimum atomic E-state index is -0.741. The van der Waals surface area contributed by atoms with Crippen LogP contribution in [0.1, 0.15) is 18.5 Å². The standard InChI is InChI=1S/C10H14BrNO3.ClH/c1-5(13)9(12)7-3-6(11)4-8(15-2)10(7)14;/h3-5,9,13-14H,12H2,1-2H3;1H/t5-,9-;/m0./s1. The molecule has 0 fully saturated rings. The summed E-state index contributed by atoms with van der Waals surface area (Å²) in [5.41, 5.74) is 6.20. The van der Waals surface area contributed by atoms with E-state index in [-0.39, 0.29) is 18.2 Å². The monoisotopic (exact) mass is 311 g/mol. The molecule has 0 amide bonds. The lowest BCUT2D eigenvalue weighted by atomic mass is 10.0. The molecule has 0 spiro atoms. The van der Waals surface area contributed by atoms with Gasteiger partial charge in [-0.25, -0.2) is 0 Å². The number of aliphatic hydroxyl groups excluding tert-OH is 1. The number of phenols is 1. The van der Waals surface area contributed by atoms with Crippen LogP contribution in [-0.4, -0.2) is 23.4 Å². The Morgan fingerprint density at radius 3 is 2.44 bits per heavy atom. The van der Waals surface area contributed by atoms with E-state index in [2.05, 4.69) is 15.9 Å². The number of hydrogen-bond acceptors (Lipinski definition) is 4. The predicted molar refractivity (Wildman–Crippen MR) is 68.2 cm³/mol. The lowest BCUT2D eigenvalue weighted by Crippen LogP contribution is -2.23. The first-order valence-electron chi connectivity index (χ1n) is 4.47. The van der Waals surface area contributed by atoms with Gasteiger partial charge in [-0.05, 0) is 19.1 Å². The second kappa shape index (κ2) is 6.30. The number of methoxy groups -OCH3 is 1. The molecule has 92 valence electrons. The van der Waals surface area contributed by atoms with Crippen LogP contribution >= 0.6 is 28.3 Å². The van der Waals surface area contributed by atoms with Crippen molar-refractivity contribution < 1.29 is 14.9 Å². The molecule has 0 saturated heterocycles. The van der Waals surface area contributed by atoms with Crippen LogP contribution < -0.4 is 10.5 Å². The highest BCUT2D eigenvalue weighted by Gasteiger charge is 2.19. The summed E-state index contributed by atoms with van der Waals surface area (Å²) in [5.74, 6) is 0.296. The Morgan fingerprint density at radius 1 is 1.44 bits per heavy atom. The zero-order valence-corrected chi connectivity index (χ0v) is 11.4. The predicted octanol–water partition coefficient (Wildman–Crippen LogP) is 1.97. The quantitative estimate of drug-likeness (QED) is 0.797. The summed E-state index contributed by atoms with van der Waals surface area (Å²) in [4.78, 5) is 0. The van der Waals surface area contributed by atoms with Crippen molar-refractivity contribution in [3.05, 3.63) is 22.2 Å². The summed E-state index contributed by atoms with van der Waals surface area (Å²) in [6.45, 7) is 1.57. The van der Waals surface area contributed by atoms with Gasteiger partial charge in [0.25, 0.3) is 0 Å². The van der Waals surface area contributed by atoms with Crippen LogP contribution in [0.15, 0.2) is 16.6 Å². The number of hydrogen-bond donors (Lipinski definition) is 3. The average molecular weight is 313 g/mol. The van der Waals surface area contributed by atoms with Gasteiger partial charge in [-0.15, -0.1) is 12.4 Å². The van der Waals surface area contributed by atoms with Crippen LogP contribution in [0.4, 0.5) is 0 Å². The fraction of sp³-hybridized carbons (Fsp3) is 0.400. The highest BCUT2D eigenvalue weighted by atomic mass is 79.9. The number of ether oxygens (including phenoxy) is 1. The van der Waals surface area contributed by atoms with Gasteiger partial charge in [0.15, 0.2) is 11.5 Å². The summed E-state index contributed by atoms with van der Waals surface area (Å²) in [7, 11) is 1.46. The molecular formula is C10H15BrClNO3. The van der Waals surface area contributed by atoms with Gasteiger partial charge in [0, 0.05) is 10.0 Å². The van der Waals surface area contributed by atoms with Gasteiger partial charge >= 0.3 is 0 Å². The number of halogens is 2. The zero-order chi connectivity index (χ0) is 11.6. The smallest absolute Gasteiger partial charge is 0.162 e. The topological polar surface area (TPSA) is 75.7 Å². The number of aliphatic hydroxyl groups is 1. The molecule has 16 heavy (non-hydrogen) atoms. The third-order valence-corrected chi connectivity index (χ3v) is 2.63. The Bertz CT molecular complexity index is 360. The van der Waals surface area contributed by atoms with Gasteiger partial charge in [0.2, 0.25) is 0 Å². The van der Waals surface area contributed by atoms with Crippen LogP contribution in [0.5, 0.6) is 11.5 Å². The molecule has 0 radical (unpaired) electrons. The Kier molecular flexibility index (Phi) is 6.10. The molecular weight excluding hydrogens is 297 g/mol. The third kappa shape index (κ3) is 3.25. The normalized spacial score (nSPS) is 13.8. The first-order valence-corrected chi connectivity index (χ1v) is 5.26. The molecule has 0 heterocycles. The molecule has 0 aliphatic heterocycles. The van der Waals surface area contributed by atoms with E-state index in [1.807, 2.05) is 0 Å². The largest absolute Gasteiger partial charge is 0.504 e. The van der Waals surface area contributed by atoms with Crippen molar-refractivity contribution in [2.75, 3.05) is 7.11 Å². The van der Waals surface area contributed by atoms with Gasteiger partial charge in [-0.2, -0.15) is 0 Å². The van der Waals surface area contributed by atoms with E-state index in [0.29, 0.717) is 11.3 Å². The van der Waals surface area contributed by atoms with Crippen molar-refractivity contribution in [1.82, 2.24) is 0 Å². The summed E-state index contributed by atoms with van der Waals surface area (Å²) in [5, 5.41) is 19.2. The zero-order valence-electron chi connectivity index (χ0n) is 8.98. The first-order chi connectivity index (χ1) is 6.97.